The first kappa shape index (κ1) is 19.9. The summed E-state index contributed by atoms with van der Waals surface area (Å²) in [6.07, 6.45) is 6.01. The molecule has 0 bridgehead atoms. The van der Waals surface area contributed by atoms with Crippen LogP contribution in [0.3, 0.4) is 0 Å². The Kier molecular flexibility index (Phi) is 5.29. The zero-order valence-corrected chi connectivity index (χ0v) is 18.0. The number of benzene rings is 2. The van der Waals surface area contributed by atoms with E-state index in [1.807, 2.05) is 59.2 Å². The van der Waals surface area contributed by atoms with Crippen molar-refractivity contribution in [2.75, 3.05) is 6.54 Å². The molecule has 1 N–H and O–H groups in total. The number of hydrogen-bond acceptors (Lipinski definition) is 4. The Balaban J connectivity index is 1.39. The van der Waals surface area contributed by atoms with E-state index in [-0.39, 0.29) is 6.54 Å². The molecule has 0 atom stereocenters. The molecule has 0 fully saturated rings. The topological polar surface area (TPSA) is 76.9 Å². The normalized spacial score (nSPS) is 13.9. The third kappa shape index (κ3) is 3.98. The van der Waals surface area contributed by atoms with Gasteiger partial charge < -0.3 is 4.57 Å². The van der Waals surface area contributed by atoms with E-state index in [0.29, 0.717) is 11.4 Å². The Morgan fingerprint density at radius 2 is 1.74 bits per heavy atom. The fourth-order valence-electron chi connectivity index (χ4n) is 4.23. The molecule has 1 aliphatic rings. The van der Waals surface area contributed by atoms with Gasteiger partial charge in [0.1, 0.15) is 11.3 Å². The predicted molar refractivity (Wildman–Crippen MR) is 121 cm³/mol. The average Bonchev–Trinajstić information content (AvgIpc) is 3.18. The summed E-state index contributed by atoms with van der Waals surface area (Å²) in [5, 5.41) is 0. The van der Waals surface area contributed by atoms with Gasteiger partial charge in [-0.25, -0.2) is 23.1 Å². The van der Waals surface area contributed by atoms with Crippen LogP contribution in [-0.2, 0) is 29.4 Å². The van der Waals surface area contributed by atoms with Crippen LogP contribution >= 0.6 is 0 Å². The number of imidazole rings is 1. The van der Waals surface area contributed by atoms with Crippen LogP contribution in [0.1, 0.15) is 24.0 Å². The molecule has 0 saturated heterocycles. The van der Waals surface area contributed by atoms with Crippen LogP contribution in [0.15, 0.2) is 71.8 Å². The minimum atomic E-state index is -3.58. The molecule has 6 nitrogen and oxygen atoms in total. The Bertz CT molecular complexity index is 1330. The van der Waals surface area contributed by atoms with Gasteiger partial charge in [-0.1, -0.05) is 36.4 Å². The van der Waals surface area contributed by atoms with Crippen molar-refractivity contribution in [1.29, 1.82) is 0 Å². The fraction of sp³-hybridized carbons (Fsp3) is 0.250. The summed E-state index contributed by atoms with van der Waals surface area (Å²) in [5.41, 5.74) is 4.94. The second-order valence-electron chi connectivity index (χ2n) is 7.83. The monoisotopic (exact) mass is 432 g/mol. The average molecular weight is 433 g/mol. The summed E-state index contributed by atoms with van der Waals surface area (Å²) in [6.45, 7) is 0.684. The number of sulfonamides is 1. The molecule has 0 amide bonds. The molecule has 158 valence electrons. The highest BCUT2D eigenvalue weighted by Crippen LogP contribution is 2.25. The molecule has 2 aromatic heterocycles. The first-order valence-electron chi connectivity index (χ1n) is 10.6. The molecule has 2 aromatic carbocycles. The highest BCUT2D eigenvalue weighted by atomic mass is 32.2. The first-order valence-corrected chi connectivity index (χ1v) is 12.1. The van der Waals surface area contributed by atoms with Gasteiger partial charge in [0.15, 0.2) is 5.65 Å². The van der Waals surface area contributed by atoms with E-state index in [4.69, 9.17) is 4.98 Å². The van der Waals surface area contributed by atoms with Gasteiger partial charge in [0, 0.05) is 24.8 Å². The molecule has 5 rings (SSSR count). The van der Waals surface area contributed by atoms with E-state index in [0.717, 1.165) is 47.4 Å². The summed E-state index contributed by atoms with van der Waals surface area (Å²) in [7, 11) is -3.58. The molecule has 31 heavy (non-hydrogen) atoms. The SMILES string of the molecule is O=S(=O)(NCCn1c(-c2ccccc2)nc2cccnc21)c1ccc2c(c1)CCCC2. The zero-order chi connectivity index (χ0) is 21.3. The standard InChI is InChI=1S/C24H24N4O2S/c29-31(30,21-13-12-18-7-4-5-10-20(18)17-21)26-15-16-28-23(19-8-2-1-3-9-19)27-22-11-6-14-25-24(22)28/h1-3,6,8-9,11-14,17,26H,4-5,7,10,15-16H2. The van der Waals surface area contributed by atoms with Gasteiger partial charge in [0.25, 0.3) is 0 Å². The van der Waals surface area contributed by atoms with E-state index < -0.39 is 10.0 Å². The maximum atomic E-state index is 12.9. The van der Waals surface area contributed by atoms with Gasteiger partial charge in [-0.2, -0.15) is 0 Å². The van der Waals surface area contributed by atoms with Crippen molar-refractivity contribution in [1.82, 2.24) is 19.3 Å². The molecule has 7 heteroatoms. The number of fused-ring (bicyclic) bond motifs is 2. The lowest BCUT2D eigenvalue weighted by Crippen LogP contribution is -2.28. The van der Waals surface area contributed by atoms with E-state index in [1.165, 1.54) is 12.0 Å². The number of hydrogen-bond donors (Lipinski definition) is 1. The number of pyridine rings is 1. The summed E-state index contributed by atoms with van der Waals surface area (Å²) in [5.74, 6) is 0.780. The summed E-state index contributed by atoms with van der Waals surface area (Å²) >= 11 is 0. The molecule has 0 spiro atoms. The van der Waals surface area contributed by atoms with Crippen molar-refractivity contribution in [3.63, 3.8) is 0 Å². The van der Waals surface area contributed by atoms with Crippen molar-refractivity contribution >= 4 is 21.2 Å². The highest BCUT2D eigenvalue weighted by molar-refractivity contribution is 7.89. The molecule has 0 radical (unpaired) electrons. The van der Waals surface area contributed by atoms with Crippen LogP contribution < -0.4 is 4.72 Å². The molecule has 0 unspecified atom stereocenters. The van der Waals surface area contributed by atoms with Gasteiger partial charge >= 0.3 is 0 Å². The second kappa shape index (κ2) is 8.24. The van der Waals surface area contributed by atoms with Crippen LogP contribution in [0.5, 0.6) is 0 Å². The largest absolute Gasteiger partial charge is 0.307 e. The van der Waals surface area contributed by atoms with Gasteiger partial charge in [-0.3, -0.25) is 0 Å². The third-order valence-electron chi connectivity index (χ3n) is 5.79. The highest BCUT2D eigenvalue weighted by Gasteiger charge is 2.19. The first-order chi connectivity index (χ1) is 15.1. The fourth-order valence-corrected chi connectivity index (χ4v) is 5.30. The van der Waals surface area contributed by atoms with Crippen molar-refractivity contribution in [2.24, 2.45) is 0 Å². The molecule has 0 saturated carbocycles. The van der Waals surface area contributed by atoms with Gasteiger partial charge in [-0.15, -0.1) is 0 Å². The number of rotatable bonds is 6. The Labute approximate surface area is 182 Å². The number of aromatic nitrogens is 3. The van der Waals surface area contributed by atoms with E-state index in [9.17, 15) is 8.42 Å². The summed E-state index contributed by atoms with van der Waals surface area (Å²) in [4.78, 5) is 9.54. The zero-order valence-electron chi connectivity index (χ0n) is 17.2. The van der Waals surface area contributed by atoms with Crippen LogP contribution in [0, 0.1) is 0 Å². The van der Waals surface area contributed by atoms with Crippen molar-refractivity contribution < 1.29 is 8.42 Å². The summed E-state index contributed by atoms with van der Waals surface area (Å²) < 4.78 is 30.6. The van der Waals surface area contributed by atoms with Crippen LogP contribution in [0.25, 0.3) is 22.6 Å². The second-order valence-corrected chi connectivity index (χ2v) is 9.60. The Morgan fingerprint density at radius 3 is 2.58 bits per heavy atom. The lowest BCUT2D eigenvalue weighted by atomic mass is 9.92. The van der Waals surface area contributed by atoms with Crippen molar-refractivity contribution in [3.8, 4) is 11.4 Å². The van der Waals surface area contributed by atoms with Gasteiger partial charge in [0.2, 0.25) is 10.0 Å². The minimum Gasteiger partial charge on any atom is -0.307 e. The Morgan fingerprint density at radius 1 is 0.935 bits per heavy atom. The molecule has 1 aliphatic carbocycles. The number of nitrogens with one attached hydrogen (secondary N) is 1. The lowest BCUT2D eigenvalue weighted by molar-refractivity contribution is 0.574. The quantitative estimate of drug-likeness (QED) is 0.500. The minimum absolute atomic E-state index is 0.251. The number of aryl methyl sites for hydroxylation is 2. The number of nitrogens with zero attached hydrogens (tertiary/aromatic N) is 3. The maximum Gasteiger partial charge on any atom is 0.240 e. The smallest absolute Gasteiger partial charge is 0.240 e. The molecular formula is C24H24N4O2S. The summed E-state index contributed by atoms with van der Waals surface area (Å²) in [6, 6.07) is 19.2. The maximum absolute atomic E-state index is 12.9. The molecule has 2 heterocycles. The molecule has 4 aromatic rings. The Hall–Kier alpha value is -3.03. The van der Waals surface area contributed by atoms with Crippen LogP contribution in [0.4, 0.5) is 0 Å². The third-order valence-corrected chi connectivity index (χ3v) is 7.25. The van der Waals surface area contributed by atoms with Crippen LogP contribution in [-0.4, -0.2) is 29.5 Å². The van der Waals surface area contributed by atoms with E-state index in [2.05, 4.69) is 9.71 Å². The van der Waals surface area contributed by atoms with Gasteiger partial charge in [-0.05, 0) is 61.1 Å². The van der Waals surface area contributed by atoms with Crippen LogP contribution in [0.2, 0.25) is 0 Å². The van der Waals surface area contributed by atoms with Crippen molar-refractivity contribution in [3.05, 3.63) is 78.0 Å². The van der Waals surface area contributed by atoms with E-state index >= 15 is 0 Å². The van der Waals surface area contributed by atoms with E-state index in [1.54, 1.807) is 12.3 Å². The van der Waals surface area contributed by atoms with Crippen molar-refractivity contribution in [2.45, 2.75) is 37.1 Å². The van der Waals surface area contributed by atoms with Gasteiger partial charge in [0.05, 0.1) is 4.90 Å². The molecule has 0 aliphatic heterocycles. The lowest BCUT2D eigenvalue weighted by Gasteiger charge is -2.17. The molecular weight excluding hydrogens is 408 g/mol. The predicted octanol–water partition coefficient (Wildman–Crippen LogP) is 3.96.